The standard InChI is InChI=1S/C19H20BrClN2O3/c1-11-8-15(20)9-12(2)18(11)26-13(3)19(25)23-22-17(24)10-14-4-6-16(21)7-5-14/h4-9,13H,10H2,1-3H3,(H,22,24)(H,23,25). The minimum atomic E-state index is -0.760. The predicted molar refractivity (Wildman–Crippen MR) is 105 cm³/mol. The molecule has 0 bridgehead atoms. The largest absolute Gasteiger partial charge is 0.480 e. The van der Waals surface area contributed by atoms with Gasteiger partial charge in [-0.1, -0.05) is 39.7 Å². The van der Waals surface area contributed by atoms with Gasteiger partial charge in [-0.2, -0.15) is 0 Å². The lowest BCUT2D eigenvalue weighted by molar-refractivity contribution is -0.132. The number of aryl methyl sites for hydroxylation is 2. The van der Waals surface area contributed by atoms with Crippen LogP contribution in [0.3, 0.4) is 0 Å². The van der Waals surface area contributed by atoms with Gasteiger partial charge in [-0.25, -0.2) is 0 Å². The summed E-state index contributed by atoms with van der Waals surface area (Å²) in [6.07, 6.45) is -0.623. The van der Waals surface area contributed by atoms with E-state index >= 15 is 0 Å². The Labute approximate surface area is 166 Å². The van der Waals surface area contributed by atoms with Gasteiger partial charge in [0.2, 0.25) is 5.91 Å². The van der Waals surface area contributed by atoms with E-state index in [1.54, 1.807) is 31.2 Å². The van der Waals surface area contributed by atoms with Gasteiger partial charge in [0, 0.05) is 9.50 Å². The van der Waals surface area contributed by atoms with Crippen LogP contribution in [0.15, 0.2) is 40.9 Å². The van der Waals surface area contributed by atoms with Crippen LogP contribution in [0.5, 0.6) is 5.75 Å². The number of amides is 2. The van der Waals surface area contributed by atoms with Gasteiger partial charge in [0.25, 0.3) is 5.91 Å². The summed E-state index contributed by atoms with van der Waals surface area (Å²) in [5.41, 5.74) is 7.41. The monoisotopic (exact) mass is 438 g/mol. The van der Waals surface area contributed by atoms with Crippen molar-refractivity contribution >= 4 is 39.3 Å². The number of hydrogen-bond acceptors (Lipinski definition) is 3. The third kappa shape index (κ3) is 5.75. The third-order valence-corrected chi connectivity index (χ3v) is 4.40. The first-order chi connectivity index (χ1) is 12.3. The van der Waals surface area contributed by atoms with Crippen molar-refractivity contribution in [3.63, 3.8) is 0 Å². The average Bonchev–Trinajstić information content (AvgIpc) is 2.57. The number of nitrogens with one attached hydrogen (secondary N) is 2. The molecule has 138 valence electrons. The molecule has 0 saturated heterocycles. The topological polar surface area (TPSA) is 67.4 Å². The van der Waals surface area contributed by atoms with E-state index in [0.29, 0.717) is 10.8 Å². The van der Waals surface area contributed by atoms with Gasteiger partial charge in [0.15, 0.2) is 6.10 Å². The van der Waals surface area contributed by atoms with E-state index < -0.39 is 12.0 Å². The Bertz CT molecular complexity index is 786. The second-order valence-corrected chi connectivity index (χ2v) is 7.32. The Morgan fingerprint density at radius 2 is 1.69 bits per heavy atom. The van der Waals surface area contributed by atoms with Crippen molar-refractivity contribution < 1.29 is 14.3 Å². The van der Waals surface area contributed by atoms with Crippen LogP contribution in [-0.4, -0.2) is 17.9 Å². The van der Waals surface area contributed by atoms with Crippen molar-refractivity contribution in [2.24, 2.45) is 0 Å². The smallest absolute Gasteiger partial charge is 0.279 e. The van der Waals surface area contributed by atoms with E-state index in [0.717, 1.165) is 21.2 Å². The van der Waals surface area contributed by atoms with Crippen LogP contribution in [0.1, 0.15) is 23.6 Å². The van der Waals surface area contributed by atoms with Gasteiger partial charge in [-0.3, -0.25) is 20.4 Å². The summed E-state index contributed by atoms with van der Waals surface area (Å²) in [6.45, 7) is 5.44. The molecule has 26 heavy (non-hydrogen) atoms. The van der Waals surface area contributed by atoms with Crippen molar-refractivity contribution in [1.82, 2.24) is 10.9 Å². The fourth-order valence-electron chi connectivity index (χ4n) is 2.38. The lowest BCUT2D eigenvalue weighted by Gasteiger charge is -2.18. The molecule has 2 aromatic carbocycles. The quantitative estimate of drug-likeness (QED) is 0.695. The zero-order chi connectivity index (χ0) is 19.3. The highest BCUT2D eigenvalue weighted by Crippen LogP contribution is 2.28. The lowest BCUT2D eigenvalue weighted by Crippen LogP contribution is -2.47. The maximum absolute atomic E-state index is 12.2. The van der Waals surface area contributed by atoms with Crippen LogP contribution >= 0.6 is 27.5 Å². The first kappa shape index (κ1) is 20.3. The van der Waals surface area contributed by atoms with E-state index in [9.17, 15) is 9.59 Å². The molecule has 0 aliphatic rings. The fraction of sp³-hybridized carbons (Fsp3) is 0.263. The molecule has 0 saturated carbocycles. The van der Waals surface area contributed by atoms with Crippen molar-refractivity contribution in [2.75, 3.05) is 0 Å². The molecule has 0 aromatic heterocycles. The molecule has 2 rings (SSSR count). The summed E-state index contributed by atoms with van der Waals surface area (Å²) in [7, 11) is 0. The first-order valence-electron chi connectivity index (χ1n) is 8.03. The van der Waals surface area contributed by atoms with Crippen LogP contribution in [0.2, 0.25) is 5.02 Å². The molecule has 2 aromatic rings. The van der Waals surface area contributed by atoms with E-state index in [-0.39, 0.29) is 12.3 Å². The second kappa shape index (κ2) is 9.05. The summed E-state index contributed by atoms with van der Waals surface area (Å²) >= 11 is 9.23. The molecule has 0 spiro atoms. The highest BCUT2D eigenvalue weighted by molar-refractivity contribution is 9.10. The maximum Gasteiger partial charge on any atom is 0.279 e. The summed E-state index contributed by atoms with van der Waals surface area (Å²) < 4.78 is 6.71. The zero-order valence-electron chi connectivity index (χ0n) is 14.7. The van der Waals surface area contributed by atoms with Crippen molar-refractivity contribution in [3.05, 3.63) is 62.6 Å². The molecular formula is C19H20BrClN2O3. The summed E-state index contributed by atoms with van der Waals surface area (Å²) in [5, 5.41) is 0.604. The number of carbonyl (C=O) groups is 2. The third-order valence-electron chi connectivity index (χ3n) is 3.69. The van der Waals surface area contributed by atoms with Crippen LogP contribution in [0.4, 0.5) is 0 Å². The van der Waals surface area contributed by atoms with Crippen molar-refractivity contribution in [1.29, 1.82) is 0 Å². The van der Waals surface area contributed by atoms with Gasteiger partial charge in [-0.15, -0.1) is 0 Å². The van der Waals surface area contributed by atoms with E-state index in [4.69, 9.17) is 16.3 Å². The number of hydrazine groups is 1. The van der Waals surface area contributed by atoms with Crippen LogP contribution in [0, 0.1) is 13.8 Å². The Morgan fingerprint density at radius 3 is 2.27 bits per heavy atom. The molecule has 1 atom stereocenters. The number of rotatable bonds is 5. The molecule has 2 N–H and O–H groups in total. The Balaban J connectivity index is 1.87. The average molecular weight is 440 g/mol. The number of carbonyl (C=O) groups excluding carboxylic acids is 2. The predicted octanol–water partition coefficient (Wildman–Crippen LogP) is 3.88. The highest BCUT2D eigenvalue weighted by atomic mass is 79.9. The van der Waals surface area contributed by atoms with Crippen LogP contribution in [0.25, 0.3) is 0 Å². The van der Waals surface area contributed by atoms with Crippen LogP contribution in [-0.2, 0) is 16.0 Å². The normalized spacial score (nSPS) is 11.6. The molecule has 0 heterocycles. The minimum absolute atomic E-state index is 0.137. The highest BCUT2D eigenvalue weighted by Gasteiger charge is 2.18. The summed E-state index contributed by atoms with van der Waals surface area (Å²) in [4.78, 5) is 24.1. The second-order valence-electron chi connectivity index (χ2n) is 5.97. The van der Waals surface area contributed by atoms with E-state index in [1.165, 1.54) is 0 Å². The molecule has 2 amide bonds. The maximum atomic E-state index is 12.2. The first-order valence-corrected chi connectivity index (χ1v) is 9.20. The molecule has 5 nitrogen and oxygen atoms in total. The van der Waals surface area contributed by atoms with Gasteiger partial charge < -0.3 is 4.74 Å². The van der Waals surface area contributed by atoms with E-state index in [2.05, 4.69) is 26.8 Å². The number of hydrogen-bond donors (Lipinski definition) is 2. The summed E-state index contributed by atoms with van der Waals surface area (Å²) in [5.74, 6) is -0.108. The molecule has 0 aliphatic heterocycles. The number of halogens is 2. The Morgan fingerprint density at radius 1 is 1.12 bits per heavy atom. The Kier molecular flexibility index (Phi) is 7.06. The number of ether oxygens (including phenoxy) is 1. The lowest BCUT2D eigenvalue weighted by atomic mass is 10.1. The molecule has 1 unspecified atom stereocenters. The Hall–Kier alpha value is -2.05. The zero-order valence-corrected chi connectivity index (χ0v) is 17.1. The van der Waals surface area contributed by atoms with Crippen molar-refractivity contribution in [2.45, 2.75) is 33.3 Å². The van der Waals surface area contributed by atoms with Crippen LogP contribution < -0.4 is 15.6 Å². The summed E-state index contributed by atoms with van der Waals surface area (Å²) in [6, 6.07) is 10.8. The molecule has 0 fully saturated rings. The SMILES string of the molecule is Cc1cc(Br)cc(C)c1OC(C)C(=O)NNC(=O)Cc1ccc(Cl)cc1. The molecular weight excluding hydrogens is 420 g/mol. The van der Waals surface area contributed by atoms with E-state index in [1.807, 2.05) is 26.0 Å². The van der Waals surface area contributed by atoms with Crippen molar-refractivity contribution in [3.8, 4) is 5.75 Å². The number of benzene rings is 2. The molecule has 0 radical (unpaired) electrons. The molecule has 7 heteroatoms. The van der Waals surface area contributed by atoms with Gasteiger partial charge in [0.1, 0.15) is 5.75 Å². The fourth-order valence-corrected chi connectivity index (χ4v) is 3.19. The van der Waals surface area contributed by atoms with Gasteiger partial charge in [-0.05, 0) is 61.7 Å². The molecule has 0 aliphatic carbocycles. The minimum Gasteiger partial charge on any atom is -0.480 e. The van der Waals surface area contributed by atoms with Gasteiger partial charge in [0.05, 0.1) is 6.42 Å². The van der Waals surface area contributed by atoms with Gasteiger partial charge >= 0.3 is 0 Å².